The molecule has 2 N–H and O–H groups in total. The van der Waals surface area contributed by atoms with Crippen LogP contribution in [-0.2, 0) is 0 Å². The fraction of sp³-hybridized carbons (Fsp3) is 0.714. The average Bonchev–Trinajstić information content (AvgIpc) is 3.26. The zero-order chi connectivity index (χ0) is 13.4. The molecule has 4 nitrogen and oxygen atoms in total. The molecule has 2 saturated carbocycles. The minimum Gasteiger partial charge on any atom is -0.335 e. The van der Waals surface area contributed by atoms with Gasteiger partial charge in [-0.2, -0.15) is 0 Å². The number of hydrogen-bond donors (Lipinski definition) is 2. The summed E-state index contributed by atoms with van der Waals surface area (Å²) in [5, 5.41) is 9.29. The van der Waals surface area contributed by atoms with Gasteiger partial charge in [-0.05, 0) is 45.4 Å². The van der Waals surface area contributed by atoms with Gasteiger partial charge < -0.3 is 10.6 Å². The van der Waals surface area contributed by atoms with E-state index in [-0.39, 0.29) is 18.1 Å². The van der Waals surface area contributed by atoms with E-state index in [1.54, 1.807) is 11.3 Å². The van der Waals surface area contributed by atoms with Crippen LogP contribution in [-0.4, -0.2) is 17.1 Å². The molecule has 2 amide bonds. The third-order valence-electron chi connectivity index (χ3n) is 3.95. The van der Waals surface area contributed by atoms with E-state index in [4.69, 9.17) is 0 Å². The first-order valence-electron chi connectivity index (χ1n) is 7.16. The van der Waals surface area contributed by atoms with Gasteiger partial charge in [0.15, 0.2) is 0 Å². The van der Waals surface area contributed by atoms with Gasteiger partial charge in [-0.1, -0.05) is 0 Å². The Labute approximate surface area is 118 Å². The van der Waals surface area contributed by atoms with Gasteiger partial charge in [0.25, 0.3) is 0 Å². The van der Waals surface area contributed by atoms with E-state index in [2.05, 4.69) is 27.9 Å². The van der Waals surface area contributed by atoms with Crippen molar-refractivity contribution in [3.63, 3.8) is 0 Å². The maximum atomic E-state index is 11.9. The number of hydrogen-bond acceptors (Lipinski definition) is 3. The quantitative estimate of drug-likeness (QED) is 0.869. The van der Waals surface area contributed by atoms with E-state index >= 15 is 0 Å². The summed E-state index contributed by atoms with van der Waals surface area (Å²) >= 11 is 1.72. The summed E-state index contributed by atoms with van der Waals surface area (Å²) in [6, 6.07) is 0.188. The van der Waals surface area contributed by atoms with Gasteiger partial charge in [-0.25, -0.2) is 9.78 Å². The molecule has 5 heteroatoms. The summed E-state index contributed by atoms with van der Waals surface area (Å²) < 4.78 is 0. The highest BCUT2D eigenvalue weighted by molar-refractivity contribution is 7.09. The van der Waals surface area contributed by atoms with Crippen molar-refractivity contribution in [3.05, 3.63) is 16.1 Å². The van der Waals surface area contributed by atoms with Gasteiger partial charge in [0.2, 0.25) is 0 Å². The second-order valence-electron chi connectivity index (χ2n) is 5.85. The number of thiazole rings is 1. The van der Waals surface area contributed by atoms with Crippen molar-refractivity contribution >= 4 is 17.4 Å². The molecule has 2 atom stereocenters. The predicted molar refractivity (Wildman–Crippen MR) is 76.4 cm³/mol. The zero-order valence-corrected chi connectivity index (χ0v) is 12.3. The lowest BCUT2D eigenvalue weighted by Crippen LogP contribution is -2.42. The molecule has 0 radical (unpaired) electrons. The Bertz CT molecular complexity index is 465. The molecular formula is C14H21N3OS. The zero-order valence-electron chi connectivity index (χ0n) is 11.5. The first-order valence-corrected chi connectivity index (χ1v) is 8.04. The molecule has 0 unspecified atom stereocenters. The van der Waals surface area contributed by atoms with E-state index in [0.717, 1.165) is 5.69 Å². The number of nitrogens with one attached hydrogen (secondary N) is 2. The molecule has 0 spiro atoms. The lowest BCUT2D eigenvalue weighted by molar-refractivity contribution is 0.233. The van der Waals surface area contributed by atoms with Gasteiger partial charge >= 0.3 is 6.03 Å². The Balaban J connectivity index is 1.51. The van der Waals surface area contributed by atoms with E-state index in [1.165, 1.54) is 30.7 Å². The van der Waals surface area contributed by atoms with E-state index in [0.29, 0.717) is 11.8 Å². The number of carbonyl (C=O) groups excluding carboxylic acids is 1. The summed E-state index contributed by atoms with van der Waals surface area (Å²) in [6.07, 6.45) is 5.03. The Morgan fingerprint density at radius 3 is 2.68 bits per heavy atom. The number of amides is 2. The van der Waals surface area contributed by atoms with Gasteiger partial charge in [0.1, 0.15) is 0 Å². The van der Waals surface area contributed by atoms with Crippen molar-refractivity contribution in [1.29, 1.82) is 0 Å². The topological polar surface area (TPSA) is 54.0 Å². The van der Waals surface area contributed by atoms with Gasteiger partial charge in [-0.15, -0.1) is 11.3 Å². The molecule has 19 heavy (non-hydrogen) atoms. The van der Waals surface area contributed by atoms with Crippen molar-refractivity contribution in [1.82, 2.24) is 15.6 Å². The van der Waals surface area contributed by atoms with Crippen LogP contribution in [0.5, 0.6) is 0 Å². The predicted octanol–water partition coefficient (Wildman–Crippen LogP) is 3.18. The standard InChI is InChI=1S/C14H21N3OS/c1-8(10-3-4-10)15-14(18)16-9(2)12-7-19-13(17-12)11-5-6-11/h7-11H,3-6H2,1-2H3,(H2,15,16,18)/t8-,9+/m1/s1. The third kappa shape index (κ3) is 3.26. The third-order valence-corrected chi connectivity index (χ3v) is 4.97. The van der Waals surface area contributed by atoms with Crippen molar-refractivity contribution in [2.24, 2.45) is 5.92 Å². The smallest absolute Gasteiger partial charge is 0.315 e. The number of carbonyl (C=O) groups is 1. The fourth-order valence-electron chi connectivity index (χ4n) is 2.25. The van der Waals surface area contributed by atoms with Gasteiger partial charge in [-0.3, -0.25) is 0 Å². The maximum absolute atomic E-state index is 11.9. The van der Waals surface area contributed by atoms with E-state index in [1.807, 2.05) is 6.92 Å². The summed E-state index contributed by atoms with van der Waals surface area (Å²) in [5.74, 6) is 1.37. The van der Waals surface area contributed by atoms with E-state index in [9.17, 15) is 4.79 Å². The molecule has 0 aromatic carbocycles. The Morgan fingerprint density at radius 2 is 2.05 bits per heavy atom. The molecule has 2 aliphatic carbocycles. The normalized spacial score (nSPS) is 21.8. The summed E-state index contributed by atoms with van der Waals surface area (Å²) in [5.41, 5.74) is 0.987. The fourth-order valence-corrected chi connectivity index (χ4v) is 3.34. The van der Waals surface area contributed by atoms with Crippen molar-refractivity contribution in [2.45, 2.75) is 57.5 Å². The SMILES string of the molecule is C[C@H](NC(=O)N[C@H](C)C1CC1)c1csc(C2CC2)n1. The highest BCUT2D eigenvalue weighted by Crippen LogP contribution is 2.41. The Hall–Kier alpha value is -1.10. The highest BCUT2D eigenvalue weighted by Gasteiger charge is 2.30. The molecule has 0 saturated heterocycles. The summed E-state index contributed by atoms with van der Waals surface area (Å²) in [7, 11) is 0. The average molecular weight is 279 g/mol. The highest BCUT2D eigenvalue weighted by atomic mass is 32.1. The van der Waals surface area contributed by atoms with Crippen LogP contribution in [0, 0.1) is 5.92 Å². The number of rotatable bonds is 5. The monoisotopic (exact) mass is 279 g/mol. The van der Waals surface area contributed by atoms with Crippen molar-refractivity contribution in [2.75, 3.05) is 0 Å². The van der Waals surface area contributed by atoms with Crippen LogP contribution in [0.25, 0.3) is 0 Å². The molecule has 1 heterocycles. The van der Waals surface area contributed by atoms with Gasteiger partial charge in [0, 0.05) is 17.3 Å². The van der Waals surface area contributed by atoms with Crippen LogP contribution < -0.4 is 10.6 Å². The van der Waals surface area contributed by atoms with Crippen molar-refractivity contribution < 1.29 is 4.79 Å². The van der Waals surface area contributed by atoms with Crippen molar-refractivity contribution in [3.8, 4) is 0 Å². The molecular weight excluding hydrogens is 258 g/mol. The van der Waals surface area contributed by atoms with Crippen LogP contribution in [0.1, 0.15) is 62.2 Å². The van der Waals surface area contributed by atoms with E-state index < -0.39 is 0 Å². The lowest BCUT2D eigenvalue weighted by Gasteiger charge is -2.16. The molecule has 0 bridgehead atoms. The number of aromatic nitrogens is 1. The molecule has 2 fully saturated rings. The molecule has 104 valence electrons. The second-order valence-corrected chi connectivity index (χ2v) is 6.74. The molecule has 3 rings (SSSR count). The van der Waals surface area contributed by atoms with Crippen LogP contribution in [0.15, 0.2) is 5.38 Å². The minimum absolute atomic E-state index is 0.0184. The summed E-state index contributed by atoms with van der Waals surface area (Å²) in [4.78, 5) is 16.5. The number of urea groups is 1. The molecule has 0 aliphatic heterocycles. The largest absolute Gasteiger partial charge is 0.335 e. The first-order chi connectivity index (χ1) is 9.13. The minimum atomic E-state index is -0.0760. The Kier molecular flexibility index (Phi) is 3.48. The Morgan fingerprint density at radius 1 is 1.32 bits per heavy atom. The van der Waals surface area contributed by atoms with Crippen LogP contribution >= 0.6 is 11.3 Å². The first kappa shape index (κ1) is 12.9. The van der Waals surface area contributed by atoms with Crippen LogP contribution in [0.2, 0.25) is 0 Å². The van der Waals surface area contributed by atoms with Crippen LogP contribution in [0.4, 0.5) is 4.79 Å². The molecule has 1 aromatic rings. The summed E-state index contributed by atoms with van der Waals surface area (Å²) in [6.45, 7) is 4.07. The molecule has 2 aliphatic rings. The van der Waals surface area contributed by atoms with Crippen LogP contribution in [0.3, 0.4) is 0 Å². The van der Waals surface area contributed by atoms with Gasteiger partial charge in [0.05, 0.1) is 16.7 Å². The molecule has 1 aromatic heterocycles. The second kappa shape index (κ2) is 5.12. The lowest BCUT2D eigenvalue weighted by atomic mass is 10.2. The maximum Gasteiger partial charge on any atom is 0.315 e. The number of nitrogens with zero attached hydrogens (tertiary/aromatic N) is 1.